The molecule has 0 aromatic heterocycles. The van der Waals surface area contributed by atoms with E-state index in [1.807, 2.05) is 18.2 Å². The number of carbonyl (C=O) groups excluding carboxylic acids is 2. The molecule has 0 bridgehead atoms. The standard InChI is InChI=1S/C13H15NO3/c1-2-17-13(16)9-7-12(15)10-5-3-4-6-11(10)14-8-9/h3-6,9,14H,2,7-8H2,1H3. The highest BCUT2D eigenvalue weighted by Gasteiger charge is 2.27. The van der Waals surface area contributed by atoms with Gasteiger partial charge in [0.2, 0.25) is 0 Å². The van der Waals surface area contributed by atoms with Gasteiger partial charge in [-0.25, -0.2) is 0 Å². The molecule has 0 spiro atoms. The van der Waals surface area contributed by atoms with Gasteiger partial charge in [-0.2, -0.15) is 0 Å². The van der Waals surface area contributed by atoms with Crippen molar-refractivity contribution in [3.63, 3.8) is 0 Å². The molecule has 0 amide bonds. The molecule has 1 N–H and O–H groups in total. The highest BCUT2D eigenvalue weighted by Crippen LogP contribution is 2.23. The Morgan fingerprint density at radius 3 is 3.00 bits per heavy atom. The first-order valence-electron chi connectivity index (χ1n) is 5.75. The number of Topliss-reactive ketones (excluding diaryl/α,β-unsaturated/α-hetero) is 1. The van der Waals surface area contributed by atoms with Gasteiger partial charge in [-0.05, 0) is 19.1 Å². The van der Waals surface area contributed by atoms with E-state index >= 15 is 0 Å². The van der Waals surface area contributed by atoms with E-state index < -0.39 is 5.92 Å². The predicted molar refractivity (Wildman–Crippen MR) is 64.0 cm³/mol. The average molecular weight is 233 g/mol. The second kappa shape index (κ2) is 4.99. The van der Waals surface area contributed by atoms with Crippen LogP contribution < -0.4 is 5.32 Å². The first-order valence-corrected chi connectivity index (χ1v) is 5.75. The van der Waals surface area contributed by atoms with Crippen molar-refractivity contribution in [2.24, 2.45) is 5.92 Å². The van der Waals surface area contributed by atoms with Gasteiger partial charge in [0.05, 0.1) is 12.5 Å². The summed E-state index contributed by atoms with van der Waals surface area (Å²) in [6, 6.07) is 7.31. The van der Waals surface area contributed by atoms with Crippen LogP contribution in [0.15, 0.2) is 24.3 Å². The zero-order valence-electron chi connectivity index (χ0n) is 9.73. The van der Waals surface area contributed by atoms with Crippen LogP contribution in [0.4, 0.5) is 5.69 Å². The summed E-state index contributed by atoms with van der Waals surface area (Å²) in [7, 11) is 0. The summed E-state index contributed by atoms with van der Waals surface area (Å²) in [5, 5.41) is 3.12. The molecule has 0 aliphatic carbocycles. The number of benzene rings is 1. The van der Waals surface area contributed by atoms with E-state index in [4.69, 9.17) is 4.74 Å². The van der Waals surface area contributed by atoms with Gasteiger partial charge in [-0.3, -0.25) is 9.59 Å². The third-order valence-electron chi connectivity index (χ3n) is 2.82. The van der Waals surface area contributed by atoms with Gasteiger partial charge < -0.3 is 10.1 Å². The van der Waals surface area contributed by atoms with Crippen molar-refractivity contribution in [3.8, 4) is 0 Å². The van der Waals surface area contributed by atoms with E-state index in [0.29, 0.717) is 18.7 Å². The number of rotatable bonds is 2. The van der Waals surface area contributed by atoms with Gasteiger partial charge in [0, 0.05) is 24.2 Å². The van der Waals surface area contributed by atoms with Gasteiger partial charge >= 0.3 is 5.97 Å². The maximum Gasteiger partial charge on any atom is 0.311 e. The zero-order chi connectivity index (χ0) is 12.3. The van der Waals surface area contributed by atoms with Crippen molar-refractivity contribution < 1.29 is 14.3 Å². The molecule has 1 aromatic rings. The first-order chi connectivity index (χ1) is 8.22. The Kier molecular flexibility index (Phi) is 3.42. The van der Waals surface area contributed by atoms with Crippen LogP contribution in [0.2, 0.25) is 0 Å². The van der Waals surface area contributed by atoms with Crippen molar-refractivity contribution in [1.29, 1.82) is 0 Å². The second-order valence-corrected chi connectivity index (χ2v) is 4.00. The van der Waals surface area contributed by atoms with E-state index in [1.54, 1.807) is 13.0 Å². The molecule has 0 saturated heterocycles. The molecule has 1 atom stereocenters. The molecular formula is C13H15NO3. The number of hydrogen-bond donors (Lipinski definition) is 1. The molecule has 1 unspecified atom stereocenters. The molecule has 4 heteroatoms. The minimum atomic E-state index is -0.394. The van der Waals surface area contributed by atoms with Crippen LogP contribution in [-0.2, 0) is 9.53 Å². The number of fused-ring (bicyclic) bond motifs is 1. The number of carbonyl (C=O) groups is 2. The second-order valence-electron chi connectivity index (χ2n) is 4.00. The Hall–Kier alpha value is -1.84. The number of anilines is 1. The SMILES string of the molecule is CCOC(=O)C1CNc2ccccc2C(=O)C1. The lowest BCUT2D eigenvalue weighted by molar-refractivity contribution is -0.147. The lowest BCUT2D eigenvalue weighted by Crippen LogP contribution is -2.25. The zero-order valence-corrected chi connectivity index (χ0v) is 9.73. The van der Waals surface area contributed by atoms with E-state index in [0.717, 1.165) is 5.69 Å². The molecule has 0 saturated carbocycles. The summed E-state index contributed by atoms with van der Waals surface area (Å²) < 4.78 is 4.95. The third kappa shape index (κ3) is 2.46. The van der Waals surface area contributed by atoms with Crippen LogP contribution in [0.3, 0.4) is 0 Å². The van der Waals surface area contributed by atoms with Gasteiger partial charge in [-0.1, -0.05) is 12.1 Å². The smallest absolute Gasteiger partial charge is 0.311 e. The minimum Gasteiger partial charge on any atom is -0.466 e. The molecule has 0 radical (unpaired) electrons. The van der Waals surface area contributed by atoms with E-state index in [2.05, 4.69) is 5.32 Å². The van der Waals surface area contributed by atoms with Crippen molar-refractivity contribution in [2.45, 2.75) is 13.3 Å². The predicted octanol–water partition coefficient (Wildman–Crippen LogP) is 1.86. The summed E-state index contributed by atoms with van der Waals surface area (Å²) in [6.07, 6.45) is 0.211. The van der Waals surface area contributed by atoms with Gasteiger partial charge in [0.25, 0.3) is 0 Å². The van der Waals surface area contributed by atoms with Crippen LogP contribution in [0.5, 0.6) is 0 Å². The Morgan fingerprint density at radius 1 is 1.47 bits per heavy atom. The number of esters is 1. The Bertz CT molecular complexity index is 442. The van der Waals surface area contributed by atoms with Crippen molar-refractivity contribution in [3.05, 3.63) is 29.8 Å². The minimum absolute atomic E-state index is 0.0105. The fraction of sp³-hybridized carbons (Fsp3) is 0.385. The summed E-state index contributed by atoms with van der Waals surface area (Å²) in [5.41, 5.74) is 1.45. The molecule has 1 aliphatic rings. The molecule has 1 aliphatic heterocycles. The van der Waals surface area contributed by atoms with Crippen LogP contribution >= 0.6 is 0 Å². The first kappa shape index (κ1) is 11.6. The summed E-state index contributed by atoms with van der Waals surface area (Å²) >= 11 is 0. The van der Waals surface area contributed by atoms with Crippen LogP contribution in [0, 0.1) is 5.92 Å². The number of hydrogen-bond acceptors (Lipinski definition) is 4. The number of ketones is 1. The molecule has 4 nitrogen and oxygen atoms in total. The quantitative estimate of drug-likeness (QED) is 0.792. The Labute approximate surface area is 100.0 Å². The highest BCUT2D eigenvalue weighted by atomic mass is 16.5. The maximum atomic E-state index is 12.0. The topological polar surface area (TPSA) is 55.4 Å². The largest absolute Gasteiger partial charge is 0.466 e. The molecule has 1 heterocycles. The molecule has 17 heavy (non-hydrogen) atoms. The Morgan fingerprint density at radius 2 is 2.24 bits per heavy atom. The normalized spacial score (nSPS) is 18.9. The third-order valence-corrected chi connectivity index (χ3v) is 2.82. The van der Waals surface area contributed by atoms with Crippen LogP contribution in [0.25, 0.3) is 0 Å². The summed E-state index contributed by atoms with van der Waals surface area (Å²) in [6.45, 7) is 2.55. The lowest BCUT2D eigenvalue weighted by Gasteiger charge is -2.12. The molecule has 0 fully saturated rings. The van der Waals surface area contributed by atoms with Crippen LogP contribution in [0.1, 0.15) is 23.7 Å². The summed E-state index contributed by atoms with van der Waals surface area (Å²) in [4.78, 5) is 23.6. The Balaban J connectivity index is 2.18. The number of para-hydroxylation sites is 1. The highest BCUT2D eigenvalue weighted by molar-refractivity contribution is 6.03. The van der Waals surface area contributed by atoms with E-state index in [9.17, 15) is 9.59 Å². The number of nitrogens with one attached hydrogen (secondary N) is 1. The monoisotopic (exact) mass is 233 g/mol. The fourth-order valence-corrected chi connectivity index (χ4v) is 1.95. The van der Waals surface area contributed by atoms with E-state index in [-0.39, 0.29) is 18.2 Å². The average Bonchev–Trinajstić information content (AvgIpc) is 2.50. The van der Waals surface area contributed by atoms with Crippen molar-refractivity contribution in [2.75, 3.05) is 18.5 Å². The van der Waals surface area contributed by atoms with Crippen molar-refractivity contribution in [1.82, 2.24) is 0 Å². The van der Waals surface area contributed by atoms with Gasteiger partial charge in [0.15, 0.2) is 5.78 Å². The van der Waals surface area contributed by atoms with E-state index in [1.165, 1.54) is 0 Å². The van der Waals surface area contributed by atoms with Gasteiger partial charge in [0.1, 0.15) is 0 Å². The summed E-state index contributed by atoms with van der Waals surface area (Å²) in [5.74, 6) is -0.709. The maximum absolute atomic E-state index is 12.0. The molecular weight excluding hydrogens is 218 g/mol. The molecule has 2 rings (SSSR count). The molecule has 90 valence electrons. The molecule has 1 aromatic carbocycles. The lowest BCUT2D eigenvalue weighted by atomic mass is 10.00. The van der Waals surface area contributed by atoms with Gasteiger partial charge in [-0.15, -0.1) is 0 Å². The van der Waals surface area contributed by atoms with Crippen molar-refractivity contribution >= 4 is 17.4 Å². The van der Waals surface area contributed by atoms with Crippen LogP contribution in [-0.4, -0.2) is 24.9 Å². The number of ether oxygens (including phenoxy) is 1. The fourth-order valence-electron chi connectivity index (χ4n) is 1.95.